The number of hydrogen-bond acceptors (Lipinski definition) is 4. The number of oxazole rings is 1. The average molecular weight is 238 g/mol. The van der Waals surface area contributed by atoms with E-state index in [0.29, 0.717) is 11.8 Å². The molecule has 1 aromatic heterocycles. The highest BCUT2D eigenvalue weighted by Gasteiger charge is 2.06. The van der Waals surface area contributed by atoms with Gasteiger partial charge in [-0.1, -0.05) is 0 Å². The van der Waals surface area contributed by atoms with Crippen molar-refractivity contribution in [1.29, 1.82) is 0 Å². The summed E-state index contributed by atoms with van der Waals surface area (Å²) in [6, 6.07) is 4.68. The topological polar surface area (TPSA) is 52.0 Å². The van der Waals surface area contributed by atoms with Gasteiger partial charge in [0, 0.05) is 11.4 Å². The maximum absolute atomic E-state index is 13.2. The molecule has 0 radical (unpaired) electrons. The van der Waals surface area contributed by atoms with Crippen LogP contribution in [0.3, 0.4) is 0 Å². The van der Waals surface area contributed by atoms with Gasteiger partial charge < -0.3 is 10.2 Å². The lowest BCUT2D eigenvalue weighted by Gasteiger charge is -2.01. The van der Waals surface area contributed by atoms with Crippen LogP contribution in [-0.2, 0) is 6.54 Å². The normalized spacial score (nSPS) is 10.7. The Hall–Kier alpha value is -1.33. The molecule has 5 heteroatoms. The van der Waals surface area contributed by atoms with Gasteiger partial charge in [0.05, 0.1) is 5.69 Å². The largest absolute Gasteiger partial charge is 0.439 e. The Morgan fingerprint density at radius 3 is 2.88 bits per heavy atom. The van der Waals surface area contributed by atoms with Gasteiger partial charge in [0.25, 0.3) is 5.22 Å². The van der Waals surface area contributed by atoms with E-state index in [4.69, 9.17) is 10.2 Å². The van der Waals surface area contributed by atoms with Crippen LogP contribution in [0.15, 0.2) is 39.0 Å². The van der Waals surface area contributed by atoms with E-state index < -0.39 is 0 Å². The molecule has 1 aromatic carbocycles. The Bertz CT molecular complexity index is 498. The molecule has 0 bridgehead atoms. The van der Waals surface area contributed by atoms with E-state index in [0.717, 1.165) is 16.2 Å². The van der Waals surface area contributed by atoms with Crippen molar-refractivity contribution in [2.75, 3.05) is 0 Å². The molecule has 1 heterocycles. The molecule has 0 aliphatic carbocycles. The minimum absolute atomic E-state index is 0.297. The fourth-order valence-corrected chi connectivity index (χ4v) is 2.15. The first kappa shape index (κ1) is 11.2. The van der Waals surface area contributed by atoms with Gasteiger partial charge in [-0.05, 0) is 42.4 Å². The number of nitrogens with two attached hydrogens (primary N) is 1. The lowest BCUT2D eigenvalue weighted by atomic mass is 10.2. The lowest BCUT2D eigenvalue weighted by molar-refractivity contribution is 0.454. The molecule has 3 nitrogen and oxygen atoms in total. The SMILES string of the molecule is Cc1coc(Sc2cc(F)cc(CN)c2)n1. The monoisotopic (exact) mass is 238 g/mol. The fourth-order valence-electron chi connectivity index (χ4n) is 1.28. The predicted octanol–water partition coefficient (Wildman–Crippen LogP) is 2.73. The first-order valence-corrected chi connectivity index (χ1v) is 5.58. The molecule has 0 aliphatic heterocycles. The number of halogens is 1. The molecule has 0 atom stereocenters. The third kappa shape index (κ3) is 2.62. The molecule has 0 spiro atoms. The van der Waals surface area contributed by atoms with E-state index >= 15 is 0 Å². The molecular formula is C11H11FN2OS. The van der Waals surface area contributed by atoms with E-state index in [9.17, 15) is 4.39 Å². The van der Waals surface area contributed by atoms with E-state index in [1.165, 1.54) is 23.9 Å². The third-order valence-electron chi connectivity index (χ3n) is 1.97. The van der Waals surface area contributed by atoms with Gasteiger partial charge in [0.15, 0.2) is 0 Å². The van der Waals surface area contributed by atoms with Crippen molar-refractivity contribution in [2.24, 2.45) is 5.73 Å². The molecule has 0 saturated heterocycles. The smallest absolute Gasteiger partial charge is 0.260 e. The van der Waals surface area contributed by atoms with Crippen molar-refractivity contribution in [2.45, 2.75) is 23.6 Å². The summed E-state index contributed by atoms with van der Waals surface area (Å²) in [6.07, 6.45) is 1.56. The minimum atomic E-state index is -0.297. The molecule has 0 aliphatic rings. The zero-order valence-electron chi connectivity index (χ0n) is 8.74. The van der Waals surface area contributed by atoms with Crippen LogP contribution in [0.5, 0.6) is 0 Å². The van der Waals surface area contributed by atoms with Crippen molar-refractivity contribution < 1.29 is 8.81 Å². The molecule has 2 rings (SSSR count). The number of benzene rings is 1. The first-order chi connectivity index (χ1) is 7.67. The number of aromatic nitrogens is 1. The minimum Gasteiger partial charge on any atom is -0.439 e. The standard InChI is InChI=1S/C11H11FN2OS/c1-7-6-15-11(14-7)16-10-3-8(5-13)2-9(12)4-10/h2-4,6H,5,13H2,1H3. The van der Waals surface area contributed by atoms with Gasteiger partial charge in [-0.2, -0.15) is 0 Å². The summed E-state index contributed by atoms with van der Waals surface area (Å²) in [5, 5.41) is 0.506. The molecule has 0 fully saturated rings. The Kier molecular flexibility index (Phi) is 3.26. The van der Waals surface area contributed by atoms with E-state index in [2.05, 4.69) is 4.98 Å². The van der Waals surface area contributed by atoms with Gasteiger partial charge in [-0.15, -0.1) is 0 Å². The van der Waals surface area contributed by atoms with Crippen molar-refractivity contribution >= 4 is 11.8 Å². The van der Waals surface area contributed by atoms with Crippen LogP contribution < -0.4 is 5.73 Å². The van der Waals surface area contributed by atoms with Crippen molar-refractivity contribution in [3.05, 3.63) is 41.5 Å². The van der Waals surface area contributed by atoms with Gasteiger partial charge in [0.2, 0.25) is 0 Å². The maximum atomic E-state index is 13.2. The Balaban J connectivity index is 2.24. The van der Waals surface area contributed by atoms with Crippen LogP contribution in [0.2, 0.25) is 0 Å². The summed E-state index contributed by atoms with van der Waals surface area (Å²) in [4.78, 5) is 4.87. The molecule has 16 heavy (non-hydrogen) atoms. The second kappa shape index (κ2) is 4.67. The molecular weight excluding hydrogens is 227 g/mol. The molecule has 2 N–H and O–H groups in total. The average Bonchev–Trinajstić information content (AvgIpc) is 2.63. The van der Waals surface area contributed by atoms with E-state index in [1.54, 1.807) is 6.26 Å². The Morgan fingerprint density at radius 1 is 1.44 bits per heavy atom. The van der Waals surface area contributed by atoms with E-state index in [1.807, 2.05) is 13.0 Å². The second-order valence-electron chi connectivity index (χ2n) is 3.36. The summed E-state index contributed by atoms with van der Waals surface area (Å²) in [7, 11) is 0. The van der Waals surface area contributed by atoms with Gasteiger partial charge in [0.1, 0.15) is 12.1 Å². The van der Waals surface area contributed by atoms with Gasteiger partial charge >= 0.3 is 0 Å². The van der Waals surface area contributed by atoms with Crippen molar-refractivity contribution in [3.63, 3.8) is 0 Å². The van der Waals surface area contributed by atoms with Crippen LogP contribution >= 0.6 is 11.8 Å². The number of hydrogen-bond donors (Lipinski definition) is 1. The van der Waals surface area contributed by atoms with Crippen LogP contribution in [0.4, 0.5) is 4.39 Å². The van der Waals surface area contributed by atoms with E-state index in [-0.39, 0.29) is 5.82 Å². The van der Waals surface area contributed by atoms with Crippen LogP contribution in [-0.4, -0.2) is 4.98 Å². The fraction of sp³-hybridized carbons (Fsp3) is 0.182. The van der Waals surface area contributed by atoms with Gasteiger partial charge in [-0.25, -0.2) is 9.37 Å². The number of rotatable bonds is 3. The molecule has 84 valence electrons. The summed E-state index contributed by atoms with van der Waals surface area (Å²) >= 11 is 1.28. The van der Waals surface area contributed by atoms with Crippen LogP contribution in [0, 0.1) is 12.7 Å². The van der Waals surface area contributed by atoms with Gasteiger partial charge in [-0.3, -0.25) is 0 Å². The zero-order chi connectivity index (χ0) is 11.5. The highest BCUT2D eigenvalue weighted by Crippen LogP contribution is 2.28. The van der Waals surface area contributed by atoms with Crippen LogP contribution in [0.25, 0.3) is 0 Å². The third-order valence-corrected chi connectivity index (χ3v) is 2.80. The molecule has 0 amide bonds. The first-order valence-electron chi connectivity index (χ1n) is 4.77. The molecule has 2 aromatic rings. The highest BCUT2D eigenvalue weighted by atomic mass is 32.2. The van der Waals surface area contributed by atoms with Crippen LogP contribution in [0.1, 0.15) is 11.3 Å². The highest BCUT2D eigenvalue weighted by molar-refractivity contribution is 7.99. The molecule has 0 saturated carbocycles. The summed E-state index contributed by atoms with van der Waals surface area (Å²) in [6.45, 7) is 2.15. The number of nitrogens with zero attached hydrogens (tertiary/aromatic N) is 1. The summed E-state index contributed by atoms with van der Waals surface area (Å²) in [5.41, 5.74) is 7.03. The maximum Gasteiger partial charge on any atom is 0.260 e. The Labute approximate surface area is 96.9 Å². The lowest BCUT2D eigenvalue weighted by Crippen LogP contribution is -1.97. The quantitative estimate of drug-likeness (QED) is 0.893. The summed E-state index contributed by atoms with van der Waals surface area (Å²) in [5.74, 6) is -0.297. The molecule has 0 unspecified atom stereocenters. The van der Waals surface area contributed by atoms with Crippen molar-refractivity contribution in [3.8, 4) is 0 Å². The summed E-state index contributed by atoms with van der Waals surface area (Å²) < 4.78 is 18.4. The Morgan fingerprint density at radius 2 is 2.25 bits per heavy atom. The number of aryl methyl sites for hydroxylation is 1. The zero-order valence-corrected chi connectivity index (χ0v) is 9.55. The van der Waals surface area contributed by atoms with Crippen molar-refractivity contribution in [1.82, 2.24) is 4.98 Å². The predicted molar refractivity (Wildman–Crippen MR) is 59.7 cm³/mol. The second-order valence-corrected chi connectivity index (χ2v) is 4.38.